The normalized spacial score (nSPS) is 14.1. The molecule has 8 heteroatoms. The van der Waals surface area contributed by atoms with E-state index in [1.165, 1.54) is 17.7 Å². The van der Waals surface area contributed by atoms with Gasteiger partial charge in [-0.1, -0.05) is 61.9 Å². The highest BCUT2D eigenvalue weighted by Crippen LogP contribution is 2.36. The Labute approximate surface area is 255 Å². The highest BCUT2D eigenvalue weighted by Gasteiger charge is 2.30. The van der Waals surface area contributed by atoms with Crippen molar-refractivity contribution in [3.8, 4) is 22.3 Å². The van der Waals surface area contributed by atoms with Crippen molar-refractivity contribution in [2.24, 2.45) is 0 Å². The highest BCUT2D eigenvalue weighted by atomic mass is 19.4. The lowest BCUT2D eigenvalue weighted by Gasteiger charge is -2.31. The van der Waals surface area contributed by atoms with Gasteiger partial charge >= 0.3 is 18.2 Å². The molecule has 230 valence electrons. The third-order valence-corrected chi connectivity index (χ3v) is 8.18. The van der Waals surface area contributed by atoms with E-state index in [-0.39, 0.29) is 12.7 Å². The molecule has 4 aromatic carbocycles. The Hall–Kier alpha value is -4.33. The van der Waals surface area contributed by atoms with Gasteiger partial charge in [-0.05, 0) is 101 Å². The first-order valence-electron chi connectivity index (χ1n) is 15.1. The molecule has 5 nitrogen and oxygen atoms in total. The van der Waals surface area contributed by atoms with E-state index in [1.54, 1.807) is 17.9 Å². The van der Waals surface area contributed by atoms with E-state index in [2.05, 4.69) is 19.1 Å². The number of hydrogen-bond acceptors (Lipinski definition) is 4. The van der Waals surface area contributed by atoms with Crippen LogP contribution in [0, 0.1) is 0 Å². The second-order valence-corrected chi connectivity index (χ2v) is 11.1. The summed E-state index contributed by atoms with van der Waals surface area (Å²) in [7, 11) is 0. The molecular weight excluding hydrogens is 567 g/mol. The van der Waals surface area contributed by atoms with Gasteiger partial charge in [0.15, 0.2) is 0 Å². The lowest BCUT2D eigenvalue weighted by atomic mass is 9.87. The number of amides is 1. The predicted octanol–water partition coefficient (Wildman–Crippen LogP) is 9.49. The number of fused-ring (bicyclic) bond motifs is 1. The van der Waals surface area contributed by atoms with Crippen LogP contribution in [0.15, 0.2) is 78.9 Å². The molecule has 1 heterocycles. The van der Waals surface area contributed by atoms with Gasteiger partial charge in [-0.15, -0.1) is 0 Å². The first-order chi connectivity index (χ1) is 21.2. The number of carbonyl (C=O) groups excluding carboxylic acids is 2. The summed E-state index contributed by atoms with van der Waals surface area (Å²) in [6, 6.07) is 22.7. The minimum absolute atomic E-state index is 0.234. The van der Waals surface area contributed by atoms with Crippen LogP contribution in [0.5, 0.6) is 0 Å². The van der Waals surface area contributed by atoms with Gasteiger partial charge in [0.2, 0.25) is 0 Å². The van der Waals surface area contributed by atoms with E-state index in [9.17, 15) is 22.8 Å². The van der Waals surface area contributed by atoms with Gasteiger partial charge in [-0.2, -0.15) is 13.2 Å². The minimum atomic E-state index is -4.40. The van der Waals surface area contributed by atoms with Crippen molar-refractivity contribution in [3.05, 3.63) is 95.6 Å². The maximum atomic E-state index is 13.1. The van der Waals surface area contributed by atoms with Crippen LogP contribution in [0.1, 0.15) is 66.9 Å². The maximum absolute atomic E-state index is 13.1. The van der Waals surface area contributed by atoms with Crippen LogP contribution in [0.4, 0.5) is 18.0 Å². The van der Waals surface area contributed by atoms with Crippen molar-refractivity contribution in [1.29, 1.82) is 0 Å². The zero-order chi connectivity index (χ0) is 31.3. The molecule has 0 saturated carbocycles. The van der Waals surface area contributed by atoms with Crippen molar-refractivity contribution >= 4 is 22.8 Å². The predicted molar refractivity (Wildman–Crippen MR) is 166 cm³/mol. The molecule has 4 aromatic rings. The molecule has 1 fully saturated rings. The Kier molecular flexibility index (Phi) is 9.57. The Bertz CT molecular complexity index is 1610. The number of piperidine rings is 1. The van der Waals surface area contributed by atoms with Crippen LogP contribution in [0.2, 0.25) is 0 Å². The van der Waals surface area contributed by atoms with Gasteiger partial charge in [0.1, 0.15) is 0 Å². The van der Waals surface area contributed by atoms with Gasteiger partial charge in [0.05, 0.1) is 24.3 Å². The lowest BCUT2D eigenvalue weighted by Crippen LogP contribution is -2.38. The van der Waals surface area contributed by atoms with E-state index < -0.39 is 17.7 Å². The number of hydrogen-bond donors (Lipinski definition) is 0. The van der Waals surface area contributed by atoms with Crippen molar-refractivity contribution in [2.75, 3.05) is 26.3 Å². The van der Waals surface area contributed by atoms with Gasteiger partial charge in [-0.3, -0.25) is 0 Å². The summed E-state index contributed by atoms with van der Waals surface area (Å²) in [6.07, 6.45) is -1.07. The topological polar surface area (TPSA) is 55.8 Å². The third-order valence-electron chi connectivity index (χ3n) is 8.18. The fourth-order valence-electron chi connectivity index (χ4n) is 5.70. The molecule has 1 aliphatic heterocycles. The molecule has 5 rings (SSSR count). The third kappa shape index (κ3) is 7.07. The van der Waals surface area contributed by atoms with E-state index in [0.29, 0.717) is 36.7 Å². The van der Waals surface area contributed by atoms with Crippen molar-refractivity contribution in [2.45, 2.75) is 51.6 Å². The van der Waals surface area contributed by atoms with E-state index in [1.807, 2.05) is 36.4 Å². The molecule has 0 unspecified atom stereocenters. The molecule has 0 spiro atoms. The Morgan fingerprint density at radius 3 is 2.11 bits per heavy atom. The number of halogens is 3. The summed E-state index contributed by atoms with van der Waals surface area (Å²) in [5.74, 6) is -0.107. The zero-order valence-corrected chi connectivity index (χ0v) is 25.0. The van der Waals surface area contributed by atoms with E-state index in [4.69, 9.17) is 9.47 Å². The first-order valence-corrected chi connectivity index (χ1v) is 15.1. The summed E-state index contributed by atoms with van der Waals surface area (Å²) >= 11 is 0. The molecule has 1 aliphatic rings. The smallest absolute Gasteiger partial charge is 0.416 e. The van der Waals surface area contributed by atoms with Crippen molar-refractivity contribution < 1.29 is 32.2 Å². The monoisotopic (exact) mass is 603 g/mol. The van der Waals surface area contributed by atoms with Crippen LogP contribution in [0.3, 0.4) is 0 Å². The molecular formula is C36H36F3NO4. The number of nitrogens with zero attached hydrogens (tertiary/aromatic N) is 1. The molecule has 0 bridgehead atoms. The Morgan fingerprint density at radius 1 is 0.818 bits per heavy atom. The number of esters is 1. The summed E-state index contributed by atoms with van der Waals surface area (Å²) in [5, 5.41) is 1.70. The summed E-state index contributed by atoms with van der Waals surface area (Å²) < 4.78 is 49.9. The molecule has 0 aliphatic carbocycles. The number of rotatable bonds is 8. The van der Waals surface area contributed by atoms with E-state index in [0.717, 1.165) is 65.3 Å². The fourth-order valence-corrected chi connectivity index (χ4v) is 5.70. The van der Waals surface area contributed by atoms with Crippen LogP contribution in [-0.2, 0) is 15.7 Å². The van der Waals surface area contributed by atoms with Crippen LogP contribution >= 0.6 is 0 Å². The average Bonchev–Trinajstić information content (AvgIpc) is 3.04. The molecule has 0 N–H and O–H groups in total. The first kappa shape index (κ1) is 31.1. The Balaban J connectivity index is 1.40. The summed E-state index contributed by atoms with van der Waals surface area (Å²) in [4.78, 5) is 26.9. The quantitative estimate of drug-likeness (QED) is 0.149. The fraction of sp³-hybridized carbons (Fsp3) is 0.333. The lowest BCUT2D eigenvalue weighted by molar-refractivity contribution is -0.137. The second kappa shape index (κ2) is 13.5. The van der Waals surface area contributed by atoms with Gasteiger partial charge in [0.25, 0.3) is 0 Å². The summed E-state index contributed by atoms with van der Waals surface area (Å²) in [6.45, 7) is 5.82. The number of carbonyl (C=O) groups is 2. The molecule has 1 amide bonds. The van der Waals surface area contributed by atoms with Crippen LogP contribution in [0.25, 0.3) is 33.0 Å². The average molecular weight is 604 g/mol. The Morgan fingerprint density at radius 2 is 1.48 bits per heavy atom. The molecule has 0 atom stereocenters. The number of alkyl halides is 3. The van der Waals surface area contributed by atoms with Crippen molar-refractivity contribution in [3.63, 3.8) is 0 Å². The van der Waals surface area contributed by atoms with Crippen LogP contribution < -0.4 is 0 Å². The van der Waals surface area contributed by atoms with Gasteiger partial charge in [0, 0.05) is 13.1 Å². The van der Waals surface area contributed by atoms with Gasteiger partial charge < -0.3 is 14.4 Å². The number of ether oxygens (including phenoxy) is 2. The standard InChI is InChI=1S/C36H36F3NO4/c1-3-5-20-44-35(42)40-18-16-26(17-19-40)24-6-8-27(9-7-24)33-23-30(34(41)43-4-2)22-29-21-28(12-15-32(29)33)25-10-13-31(14-11-25)36(37,38)39/h6-15,21-23,26H,3-5,16-20H2,1-2H3. The van der Waals surface area contributed by atoms with Gasteiger partial charge in [-0.25, -0.2) is 9.59 Å². The second-order valence-electron chi connectivity index (χ2n) is 11.1. The van der Waals surface area contributed by atoms with Crippen molar-refractivity contribution in [1.82, 2.24) is 4.90 Å². The highest BCUT2D eigenvalue weighted by molar-refractivity contribution is 6.04. The number of likely N-dealkylation sites (tertiary alicyclic amines) is 1. The molecule has 0 aromatic heterocycles. The largest absolute Gasteiger partial charge is 0.462 e. The molecule has 1 saturated heterocycles. The SMILES string of the molecule is CCCCOC(=O)N1CCC(c2ccc(-c3cc(C(=O)OCC)cc4cc(-c5ccc(C(F)(F)F)cc5)ccc34)cc2)CC1. The zero-order valence-electron chi connectivity index (χ0n) is 25.0. The summed E-state index contributed by atoms with van der Waals surface area (Å²) in [5.41, 5.74) is 4.09. The number of benzene rings is 4. The maximum Gasteiger partial charge on any atom is 0.416 e. The molecule has 0 radical (unpaired) electrons. The minimum Gasteiger partial charge on any atom is -0.462 e. The van der Waals surface area contributed by atoms with E-state index >= 15 is 0 Å². The number of unbranched alkanes of at least 4 members (excludes halogenated alkanes) is 1. The molecule has 44 heavy (non-hydrogen) atoms. The van der Waals surface area contributed by atoms with Crippen LogP contribution in [-0.4, -0.2) is 43.3 Å².